The molecule has 1 aliphatic carbocycles. The lowest BCUT2D eigenvalue weighted by atomic mass is 9.70. The highest BCUT2D eigenvalue weighted by molar-refractivity contribution is 5.66. The fourth-order valence-electron chi connectivity index (χ4n) is 2.45. The highest BCUT2D eigenvalue weighted by atomic mass is 16.4. The summed E-state index contributed by atoms with van der Waals surface area (Å²) in [5, 5.41) is 17.8. The molecule has 3 nitrogen and oxygen atoms in total. The maximum Gasteiger partial charge on any atom is 0.303 e. The molecule has 94 valence electrons. The van der Waals surface area contributed by atoms with E-state index in [1.54, 1.807) is 0 Å². The van der Waals surface area contributed by atoms with Gasteiger partial charge in [-0.25, -0.2) is 0 Å². The van der Waals surface area contributed by atoms with Crippen molar-refractivity contribution >= 4 is 5.97 Å². The molecule has 0 aliphatic heterocycles. The number of aliphatic carboxylic acids is 1. The molecule has 0 aromatic heterocycles. The zero-order valence-corrected chi connectivity index (χ0v) is 10.2. The fourth-order valence-corrected chi connectivity index (χ4v) is 2.45. The normalized spacial score (nSPS) is 28.8. The number of aliphatic hydroxyl groups is 1. The Hall–Kier alpha value is -0.570. The average Bonchev–Trinajstić information content (AvgIpc) is 2.25. The van der Waals surface area contributed by atoms with Gasteiger partial charge >= 0.3 is 5.97 Å². The summed E-state index contributed by atoms with van der Waals surface area (Å²) in [5.74, 6) is 0.540. The third kappa shape index (κ3) is 4.52. The molecule has 3 unspecified atom stereocenters. The summed E-state index contributed by atoms with van der Waals surface area (Å²) in [7, 11) is 0. The fraction of sp³-hybridized carbons (Fsp3) is 0.923. The van der Waals surface area contributed by atoms with E-state index in [0.29, 0.717) is 12.3 Å². The number of hydrogen-bond acceptors (Lipinski definition) is 2. The predicted octanol–water partition coefficient (Wildman–Crippen LogP) is 2.82. The summed E-state index contributed by atoms with van der Waals surface area (Å²) in [4.78, 5) is 10.3. The van der Waals surface area contributed by atoms with Crippen LogP contribution in [0, 0.1) is 11.8 Å². The third-order valence-corrected chi connectivity index (χ3v) is 3.86. The van der Waals surface area contributed by atoms with Crippen LogP contribution in [0.1, 0.15) is 58.3 Å². The van der Waals surface area contributed by atoms with Gasteiger partial charge < -0.3 is 10.2 Å². The molecular weight excluding hydrogens is 204 g/mol. The molecule has 0 aromatic rings. The van der Waals surface area contributed by atoms with Crippen molar-refractivity contribution in [1.82, 2.24) is 0 Å². The summed E-state index contributed by atoms with van der Waals surface area (Å²) >= 11 is 0. The van der Waals surface area contributed by atoms with Gasteiger partial charge in [-0.05, 0) is 24.7 Å². The molecule has 2 N–H and O–H groups in total. The van der Waals surface area contributed by atoms with Crippen molar-refractivity contribution in [2.24, 2.45) is 11.8 Å². The first-order chi connectivity index (χ1) is 7.61. The monoisotopic (exact) mass is 228 g/mol. The third-order valence-electron chi connectivity index (χ3n) is 3.86. The summed E-state index contributed by atoms with van der Waals surface area (Å²) < 4.78 is 0. The van der Waals surface area contributed by atoms with Gasteiger partial charge in [-0.3, -0.25) is 4.79 Å². The van der Waals surface area contributed by atoms with E-state index in [1.165, 1.54) is 19.3 Å². The first-order valence-electron chi connectivity index (χ1n) is 6.51. The Bertz CT molecular complexity index is 215. The largest absolute Gasteiger partial charge is 0.481 e. The van der Waals surface area contributed by atoms with E-state index in [1.807, 2.05) is 0 Å². The van der Waals surface area contributed by atoms with Crippen LogP contribution in [0.25, 0.3) is 0 Å². The van der Waals surface area contributed by atoms with Gasteiger partial charge in [-0.15, -0.1) is 0 Å². The maximum absolute atomic E-state index is 10.3. The van der Waals surface area contributed by atoms with Crippen molar-refractivity contribution in [1.29, 1.82) is 0 Å². The molecule has 0 bridgehead atoms. The van der Waals surface area contributed by atoms with Crippen molar-refractivity contribution in [3.05, 3.63) is 0 Å². The Morgan fingerprint density at radius 3 is 2.38 bits per heavy atom. The van der Waals surface area contributed by atoms with Gasteiger partial charge in [0.2, 0.25) is 0 Å². The Balaban J connectivity index is 1.84. The second kappa shape index (κ2) is 6.89. The second-order valence-corrected chi connectivity index (χ2v) is 5.12. The molecule has 3 heteroatoms. The maximum atomic E-state index is 10.3. The number of carbonyl (C=O) groups is 1. The summed E-state index contributed by atoms with van der Waals surface area (Å²) in [6, 6.07) is 0. The zero-order chi connectivity index (χ0) is 12.0. The lowest BCUT2D eigenvalue weighted by Crippen LogP contribution is -2.38. The van der Waals surface area contributed by atoms with Crippen molar-refractivity contribution in [3.63, 3.8) is 0 Å². The smallest absolute Gasteiger partial charge is 0.303 e. The first-order valence-corrected chi connectivity index (χ1v) is 6.51. The number of carboxylic acid groups (broad SMARTS) is 1. The van der Waals surface area contributed by atoms with E-state index >= 15 is 0 Å². The van der Waals surface area contributed by atoms with Gasteiger partial charge in [-0.1, -0.05) is 39.0 Å². The standard InChI is InChI=1S/C13H24O3/c1-10-11(9-12(10)14)7-5-3-2-4-6-8-13(15)16/h10-12,14H,2-9H2,1H3,(H,15,16). The lowest BCUT2D eigenvalue weighted by molar-refractivity contribution is -0.137. The molecule has 0 heterocycles. The van der Waals surface area contributed by atoms with Gasteiger partial charge in [0.15, 0.2) is 0 Å². The molecule has 16 heavy (non-hydrogen) atoms. The van der Waals surface area contributed by atoms with E-state index in [4.69, 9.17) is 5.11 Å². The number of unbranched alkanes of at least 4 members (excludes halogenated alkanes) is 4. The van der Waals surface area contributed by atoms with Crippen LogP contribution in [0.2, 0.25) is 0 Å². The lowest BCUT2D eigenvalue weighted by Gasteiger charge is -2.39. The van der Waals surface area contributed by atoms with Gasteiger partial charge in [0.05, 0.1) is 6.10 Å². The van der Waals surface area contributed by atoms with Crippen LogP contribution in [0.5, 0.6) is 0 Å². The molecule has 0 amide bonds. The molecule has 1 saturated carbocycles. The molecule has 0 aromatic carbocycles. The molecule has 1 fully saturated rings. The SMILES string of the molecule is CC1C(O)CC1CCCCCCCC(=O)O. The number of rotatable bonds is 8. The topological polar surface area (TPSA) is 57.5 Å². The minimum Gasteiger partial charge on any atom is -0.481 e. The van der Waals surface area contributed by atoms with Crippen molar-refractivity contribution in [3.8, 4) is 0 Å². The van der Waals surface area contributed by atoms with Crippen LogP contribution in [0.15, 0.2) is 0 Å². The highest BCUT2D eigenvalue weighted by Gasteiger charge is 2.35. The van der Waals surface area contributed by atoms with Crippen LogP contribution in [0.3, 0.4) is 0 Å². The molecule has 1 rings (SSSR count). The van der Waals surface area contributed by atoms with Crippen LogP contribution in [-0.2, 0) is 4.79 Å². The average molecular weight is 228 g/mol. The molecule has 0 spiro atoms. The molecule has 3 atom stereocenters. The quantitative estimate of drug-likeness (QED) is 0.628. The van der Waals surface area contributed by atoms with Crippen molar-refractivity contribution in [2.75, 3.05) is 0 Å². The summed E-state index contributed by atoms with van der Waals surface area (Å²) in [5.41, 5.74) is 0. The van der Waals surface area contributed by atoms with Crippen molar-refractivity contribution in [2.45, 2.75) is 64.4 Å². The Morgan fingerprint density at radius 1 is 1.19 bits per heavy atom. The van der Waals surface area contributed by atoms with E-state index in [0.717, 1.165) is 31.6 Å². The van der Waals surface area contributed by atoms with Gasteiger partial charge in [0.25, 0.3) is 0 Å². The molecule has 0 radical (unpaired) electrons. The van der Waals surface area contributed by atoms with Crippen molar-refractivity contribution < 1.29 is 15.0 Å². The van der Waals surface area contributed by atoms with Crippen LogP contribution in [0.4, 0.5) is 0 Å². The Labute approximate surface area is 97.9 Å². The number of aliphatic hydroxyl groups excluding tert-OH is 1. The predicted molar refractivity (Wildman–Crippen MR) is 63.2 cm³/mol. The Kier molecular flexibility index (Phi) is 5.81. The van der Waals surface area contributed by atoms with Gasteiger partial charge in [-0.2, -0.15) is 0 Å². The summed E-state index contributed by atoms with van der Waals surface area (Å²) in [6.45, 7) is 2.13. The number of hydrogen-bond donors (Lipinski definition) is 2. The second-order valence-electron chi connectivity index (χ2n) is 5.12. The first kappa shape index (κ1) is 13.5. The molecule has 1 aliphatic rings. The molecule has 0 saturated heterocycles. The zero-order valence-electron chi connectivity index (χ0n) is 10.2. The van der Waals surface area contributed by atoms with Crippen LogP contribution >= 0.6 is 0 Å². The van der Waals surface area contributed by atoms with E-state index < -0.39 is 5.97 Å². The van der Waals surface area contributed by atoms with E-state index in [2.05, 4.69) is 6.92 Å². The van der Waals surface area contributed by atoms with Gasteiger partial charge in [0.1, 0.15) is 0 Å². The highest BCUT2D eigenvalue weighted by Crippen LogP contribution is 2.37. The minimum atomic E-state index is -0.683. The van der Waals surface area contributed by atoms with E-state index in [-0.39, 0.29) is 6.10 Å². The van der Waals surface area contributed by atoms with Crippen LogP contribution < -0.4 is 0 Å². The number of carboxylic acids is 1. The van der Waals surface area contributed by atoms with Gasteiger partial charge in [0, 0.05) is 6.42 Å². The van der Waals surface area contributed by atoms with E-state index in [9.17, 15) is 9.90 Å². The molecular formula is C13H24O3. The minimum absolute atomic E-state index is 0.0550. The Morgan fingerprint density at radius 2 is 1.81 bits per heavy atom. The van der Waals surface area contributed by atoms with Crippen LogP contribution in [-0.4, -0.2) is 22.3 Å². The summed E-state index contributed by atoms with van der Waals surface area (Å²) in [6.07, 6.45) is 7.91.